The molecule has 0 N–H and O–H groups in total. The molecule has 208 valence electrons. The highest BCUT2D eigenvalue weighted by Crippen LogP contribution is 2.31. The number of hydrogen-bond donors (Lipinski definition) is 0. The van der Waals surface area contributed by atoms with E-state index in [0.29, 0.717) is 42.6 Å². The van der Waals surface area contributed by atoms with E-state index in [1.165, 1.54) is 16.4 Å². The molecule has 3 heterocycles. The maximum atomic E-state index is 13.1. The Bertz CT molecular complexity index is 1830. The molecule has 3 aromatic carbocycles. The van der Waals surface area contributed by atoms with Crippen molar-refractivity contribution in [3.63, 3.8) is 0 Å². The second kappa shape index (κ2) is 11.1. The van der Waals surface area contributed by atoms with Crippen molar-refractivity contribution in [3.05, 3.63) is 118 Å². The molecular formula is C30H26ClN5O4S. The molecule has 0 atom stereocenters. The Morgan fingerprint density at radius 2 is 1.54 bits per heavy atom. The highest BCUT2D eigenvalue weighted by atomic mass is 35.5. The predicted molar refractivity (Wildman–Crippen MR) is 158 cm³/mol. The zero-order chi connectivity index (χ0) is 28.6. The van der Waals surface area contributed by atoms with E-state index in [-0.39, 0.29) is 5.69 Å². The Labute approximate surface area is 242 Å². The lowest BCUT2D eigenvalue weighted by molar-refractivity contribution is -0.384. The third-order valence-electron chi connectivity index (χ3n) is 7.31. The molecule has 5 aromatic rings. The number of aromatic nitrogens is 2. The van der Waals surface area contributed by atoms with E-state index in [2.05, 4.69) is 4.90 Å². The second-order valence-corrected chi connectivity index (χ2v) is 12.2. The van der Waals surface area contributed by atoms with Crippen molar-refractivity contribution >= 4 is 33.0 Å². The predicted octanol–water partition coefficient (Wildman–Crippen LogP) is 5.74. The van der Waals surface area contributed by atoms with E-state index in [4.69, 9.17) is 16.6 Å². The molecule has 1 aliphatic rings. The van der Waals surface area contributed by atoms with Crippen LogP contribution >= 0.6 is 11.6 Å². The minimum Gasteiger partial charge on any atom is -0.301 e. The van der Waals surface area contributed by atoms with Crippen molar-refractivity contribution in [2.45, 2.75) is 11.4 Å². The number of piperazine rings is 1. The molecule has 1 aliphatic heterocycles. The quantitative estimate of drug-likeness (QED) is 0.178. The Morgan fingerprint density at radius 1 is 0.829 bits per heavy atom. The monoisotopic (exact) mass is 587 g/mol. The first-order valence-corrected chi connectivity index (χ1v) is 14.9. The van der Waals surface area contributed by atoms with Gasteiger partial charge in [0.05, 0.1) is 21.2 Å². The van der Waals surface area contributed by atoms with Crippen LogP contribution in [0.5, 0.6) is 0 Å². The Morgan fingerprint density at radius 3 is 2.22 bits per heavy atom. The van der Waals surface area contributed by atoms with Gasteiger partial charge in [0, 0.05) is 61.6 Å². The Balaban J connectivity index is 1.33. The maximum Gasteiger partial charge on any atom is 0.269 e. The first kappa shape index (κ1) is 27.1. The smallest absolute Gasteiger partial charge is 0.269 e. The van der Waals surface area contributed by atoms with E-state index >= 15 is 0 Å². The van der Waals surface area contributed by atoms with Crippen LogP contribution < -0.4 is 0 Å². The minimum atomic E-state index is -3.56. The summed E-state index contributed by atoms with van der Waals surface area (Å²) in [6.07, 6.45) is 2.02. The number of rotatable bonds is 7. The van der Waals surface area contributed by atoms with Crippen molar-refractivity contribution in [1.29, 1.82) is 0 Å². The SMILES string of the molecule is O=[N+]([O-])c1ccc(-c2nc3ccc(-c4cccc(Cl)c4)cn3c2CN2CCN(S(=O)(=O)c3ccccc3)CC2)cc1. The van der Waals surface area contributed by atoms with Crippen LogP contribution in [0.25, 0.3) is 28.0 Å². The largest absolute Gasteiger partial charge is 0.301 e. The molecular weight excluding hydrogens is 562 g/mol. The fourth-order valence-corrected chi connectivity index (χ4v) is 6.77. The zero-order valence-corrected chi connectivity index (χ0v) is 23.5. The van der Waals surface area contributed by atoms with Crippen LogP contribution in [0.4, 0.5) is 5.69 Å². The van der Waals surface area contributed by atoms with Crippen molar-refractivity contribution < 1.29 is 13.3 Å². The van der Waals surface area contributed by atoms with Crippen molar-refractivity contribution in [1.82, 2.24) is 18.6 Å². The number of nitrogens with zero attached hydrogens (tertiary/aromatic N) is 5. The third kappa shape index (κ3) is 5.47. The van der Waals surface area contributed by atoms with Crippen molar-refractivity contribution in [3.8, 4) is 22.4 Å². The summed E-state index contributed by atoms with van der Waals surface area (Å²) in [6, 6.07) is 26.4. The summed E-state index contributed by atoms with van der Waals surface area (Å²) < 4.78 is 29.8. The summed E-state index contributed by atoms with van der Waals surface area (Å²) in [7, 11) is -3.56. The molecule has 41 heavy (non-hydrogen) atoms. The van der Waals surface area contributed by atoms with Gasteiger partial charge in [0.15, 0.2) is 0 Å². The molecule has 0 bridgehead atoms. The normalized spacial score (nSPS) is 14.9. The van der Waals surface area contributed by atoms with Crippen LogP contribution in [0.2, 0.25) is 5.02 Å². The van der Waals surface area contributed by atoms with Crippen molar-refractivity contribution in [2.75, 3.05) is 26.2 Å². The van der Waals surface area contributed by atoms with Crippen molar-refractivity contribution in [2.24, 2.45) is 0 Å². The molecule has 0 saturated carbocycles. The van der Waals surface area contributed by atoms with Gasteiger partial charge in [0.1, 0.15) is 5.65 Å². The number of benzene rings is 3. The van der Waals surface area contributed by atoms with Crippen LogP contribution in [-0.2, 0) is 16.6 Å². The van der Waals surface area contributed by atoms with E-state index in [1.807, 2.05) is 47.0 Å². The fourth-order valence-electron chi connectivity index (χ4n) is 5.14. The van der Waals surface area contributed by atoms with Gasteiger partial charge in [-0.3, -0.25) is 15.0 Å². The van der Waals surface area contributed by atoms with Gasteiger partial charge in [0.25, 0.3) is 5.69 Å². The number of fused-ring (bicyclic) bond motifs is 1. The number of non-ortho nitro benzene ring substituents is 1. The number of nitro groups is 1. The van der Waals surface area contributed by atoms with Gasteiger partial charge in [-0.2, -0.15) is 4.31 Å². The van der Waals surface area contributed by atoms with Gasteiger partial charge in [0.2, 0.25) is 10.0 Å². The average Bonchev–Trinajstić information content (AvgIpc) is 3.35. The number of pyridine rings is 1. The Kier molecular flexibility index (Phi) is 7.31. The molecule has 11 heteroatoms. The molecule has 6 rings (SSSR count). The second-order valence-electron chi connectivity index (χ2n) is 9.86. The topological polar surface area (TPSA) is 101 Å². The molecule has 0 radical (unpaired) electrons. The van der Waals surface area contributed by atoms with Crippen LogP contribution in [0.1, 0.15) is 5.69 Å². The summed E-state index contributed by atoms with van der Waals surface area (Å²) in [5, 5.41) is 11.9. The fraction of sp³-hybridized carbons (Fsp3) is 0.167. The number of hydrogen-bond acceptors (Lipinski definition) is 6. The summed E-state index contributed by atoms with van der Waals surface area (Å²) in [5.41, 5.74) is 5.09. The van der Waals surface area contributed by atoms with Gasteiger partial charge in [-0.25, -0.2) is 13.4 Å². The van der Waals surface area contributed by atoms with Gasteiger partial charge in [-0.05, 0) is 59.7 Å². The number of halogens is 1. The van der Waals surface area contributed by atoms with Gasteiger partial charge in [-0.15, -0.1) is 0 Å². The average molecular weight is 588 g/mol. The summed E-state index contributed by atoms with van der Waals surface area (Å²) in [5.74, 6) is 0. The third-order valence-corrected chi connectivity index (χ3v) is 9.46. The molecule has 2 aromatic heterocycles. The first-order valence-electron chi connectivity index (χ1n) is 13.1. The lowest BCUT2D eigenvalue weighted by atomic mass is 10.1. The summed E-state index contributed by atoms with van der Waals surface area (Å²) in [6.45, 7) is 2.36. The molecule has 0 spiro atoms. The van der Waals surface area contributed by atoms with Crippen LogP contribution in [0, 0.1) is 10.1 Å². The molecule has 1 fully saturated rings. The van der Waals surface area contributed by atoms with Crippen LogP contribution in [-0.4, -0.2) is 58.1 Å². The van der Waals surface area contributed by atoms with Gasteiger partial charge < -0.3 is 4.40 Å². The molecule has 0 amide bonds. The van der Waals surface area contributed by atoms with E-state index in [0.717, 1.165) is 33.7 Å². The molecule has 1 saturated heterocycles. The van der Waals surface area contributed by atoms with E-state index in [9.17, 15) is 18.5 Å². The van der Waals surface area contributed by atoms with E-state index < -0.39 is 14.9 Å². The first-order chi connectivity index (χ1) is 19.8. The summed E-state index contributed by atoms with van der Waals surface area (Å²) >= 11 is 6.25. The van der Waals surface area contributed by atoms with Gasteiger partial charge in [-0.1, -0.05) is 41.9 Å². The standard InChI is InChI=1S/C30H26ClN5O4S/c31-25-6-4-5-23(19-25)24-11-14-29-32-30(22-9-12-26(13-10-22)36(37)38)28(35(29)20-24)21-33-15-17-34(18-16-33)41(39,40)27-7-2-1-3-8-27/h1-14,19-20H,15-18,21H2. The lowest BCUT2D eigenvalue weighted by Gasteiger charge is -2.34. The number of nitro benzene ring substituents is 1. The van der Waals surface area contributed by atoms with Crippen LogP contribution in [0.15, 0.2) is 102 Å². The lowest BCUT2D eigenvalue weighted by Crippen LogP contribution is -2.48. The molecule has 9 nitrogen and oxygen atoms in total. The van der Waals surface area contributed by atoms with Crippen LogP contribution in [0.3, 0.4) is 0 Å². The molecule has 0 unspecified atom stereocenters. The zero-order valence-electron chi connectivity index (χ0n) is 21.9. The Hall–Kier alpha value is -4.09. The maximum absolute atomic E-state index is 13.1. The highest BCUT2D eigenvalue weighted by Gasteiger charge is 2.29. The number of imidazole rings is 1. The minimum absolute atomic E-state index is 0.0121. The highest BCUT2D eigenvalue weighted by molar-refractivity contribution is 7.89. The van der Waals surface area contributed by atoms with E-state index in [1.54, 1.807) is 42.5 Å². The number of sulfonamides is 1. The summed E-state index contributed by atoms with van der Waals surface area (Å²) in [4.78, 5) is 18.2. The molecule has 0 aliphatic carbocycles. The van der Waals surface area contributed by atoms with Gasteiger partial charge >= 0.3 is 0 Å².